The van der Waals surface area contributed by atoms with Crippen LogP contribution < -0.4 is 5.32 Å². The summed E-state index contributed by atoms with van der Waals surface area (Å²) in [4.78, 5) is 0. The molecule has 0 saturated carbocycles. The summed E-state index contributed by atoms with van der Waals surface area (Å²) in [5.41, 5.74) is 0. The van der Waals surface area contributed by atoms with Crippen LogP contribution in [0.5, 0.6) is 0 Å². The van der Waals surface area contributed by atoms with Gasteiger partial charge >= 0.3 is 0 Å². The van der Waals surface area contributed by atoms with Crippen molar-refractivity contribution in [2.24, 2.45) is 11.8 Å². The summed E-state index contributed by atoms with van der Waals surface area (Å²) in [6, 6.07) is 0. The highest BCUT2D eigenvalue weighted by molar-refractivity contribution is 4.76. The average Bonchev–Trinajstić information content (AvgIpc) is 2.36. The molecule has 0 amide bonds. The molecule has 2 heterocycles. The van der Waals surface area contributed by atoms with Gasteiger partial charge in [-0.15, -0.1) is 0 Å². The Morgan fingerprint density at radius 2 is 2.00 bits per heavy atom. The van der Waals surface area contributed by atoms with E-state index in [0.717, 1.165) is 25.0 Å². The van der Waals surface area contributed by atoms with Gasteiger partial charge in [-0.1, -0.05) is 0 Å². The first kappa shape index (κ1) is 7.56. The van der Waals surface area contributed by atoms with Gasteiger partial charge in [-0.3, -0.25) is 0 Å². The van der Waals surface area contributed by atoms with Crippen LogP contribution in [0.25, 0.3) is 0 Å². The Morgan fingerprint density at radius 1 is 1.18 bits per heavy atom. The van der Waals surface area contributed by atoms with Gasteiger partial charge < -0.3 is 10.1 Å². The van der Waals surface area contributed by atoms with Crippen LogP contribution in [-0.4, -0.2) is 26.3 Å². The molecule has 2 rings (SSSR count). The van der Waals surface area contributed by atoms with Gasteiger partial charge in [0.25, 0.3) is 0 Å². The van der Waals surface area contributed by atoms with E-state index in [1.165, 1.54) is 32.4 Å². The molecular weight excluding hydrogens is 138 g/mol. The highest BCUT2D eigenvalue weighted by Gasteiger charge is 2.20. The highest BCUT2D eigenvalue weighted by atomic mass is 16.5. The summed E-state index contributed by atoms with van der Waals surface area (Å²) in [5, 5.41) is 3.31. The molecule has 1 unspecified atom stereocenters. The van der Waals surface area contributed by atoms with Crippen molar-refractivity contribution in [3.63, 3.8) is 0 Å². The molecule has 2 fully saturated rings. The van der Waals surface area contributed by atoms with Crippen molar-refractivity contribution >= 4 is 0 Å². The van der Waals surface area contributed by atoms with Gasteiger partial charge in [0.15, 0.2) is 0 Å². The van der Waals surface area contributed by atoms with Crippen LogP contribution in [0.2, 0.25) is 0 Å². The Bertz CT molecular complexity index is 117. The minimum atomic E-state index is 0.885. The Labute approximate surface area is 68.3 Å². The van der Waals surface area contributed by atoms with Gasteiger partial charge in [0.2, 0.25) is 0 Å². The first-order valence-corrected chi connectivity index (χ1v) is 4.73. The molecule has 2 nitrogen and oxygen atoms in total. The topological polar surface area (TPSA) is 21.3 Å². The van der Waals surface area contributed by atoms with E-state index in [-0.39, 0.29) is 0 Å². The monoisotopic (exact) mass is 155 g/mol. The molecule has 11 heavy (non-hydrogen) atoms. The lowest BCUT2D eigenvalue weighted by Crippen LogP contribution is -2.41. The third-order valence-electron chi connectivity index (χ3n) is 2.87. The van der Waals surface area contributed by atoms with Crippen molar-refractivity contribution in [1.82, 2.24) is 5.32 Å². The predicted molar refractivity (Wildman–Crippen MR) is 44.5 cm³/mol. The molecule has 0 bridgehead atoms. The maximum atomic E-state index is 5.33. The molecule has 0 radical (unpaired) electrons. The molecule has 2 aliphatic rings. The van der Waals surface area contributed by atoms with E-state index in [0.29, 0.717) is 0 Å². The van der Waals surface area contributed by atoms with E-state index in [1.807, 2.05) is 0 Å². The summed E-state index contributed by atoms with van der Waals surface area (Å²) in [6.07, 6.45) is 4.12. The van der Waals surface area contributed by atoms with E-state index in [4.69, 9.17) is 4.74 Å². The Balaban J connectivity index is 1.57. The Morgan fingerprint density at radius 3 is 2.55 bits per heavy atom. The second-order valence-corrected chi connectivity index (χ2v) is 3.83. The molecule has 64 valence electrons. The van der Waals surface area contributed by atoms with Crippen LogP contribution >= 0.6 is 0 Å². The number of rotatable bonds is 3. The molecule has 2 aliphatic heterocycles. The molecule has 0 aliphatic carbocycles. The van der Waals surface area contributed by atoms with Crippen LogP contribution in [-0.2, 0) is 4.74 Å². The highest BCUT2D eigenvalue weighted by Crippen LogP contribution is 2.22. The Hall–Kier alpha value is -0.0800. The molecule has 0 aromatic carbocycles. The van der Waals surface area contributed by atoms with Crippen LogP contribution in [0.4, 0.5) is 0 Å². The molecule has 0 aromatic heterocycles. The molecule has 2 heteroatoms. The van der Waals surface area contributed by atoms with Crippen LogP contribution in [0, 0.1) is 11.8 Å². The van der Waals surface area contributed by atoms with Gasteiger partial charge in [0.1, 0.15) is 0 Å². The van der Waals surface area contributed by atoms with Crippen molar-refractivity contribution in [2.75, 3.05) is 26.3 Å². The Kier molecular flexibility index (Phi) is 2.44. The van der Waals surface area contributed by atoms with E-state index in [2.05, 4.69) is 5.32 Å². The van der Waals surface area contributed by atoms with E-state index in [9.17, 15) is 0 Å². The van der Waals surface area contributed by atoms with Gasteiger partial charge in [0.05, 0.1) is 0 Å². The summed E-state index contributed by atoms with van der Waals surface area (Å²) >= 11 is 0. The minimum absolute atomic E-state index is 0.885. The zero-order valence-electron chi connectivity index (χ0n) is 7.01. The van der Waals surface area contributed by atoms with Crippen molar-refractivity contribution in [2.45, 2.75) is 19.3 Å². The largest absolute Gasteiger partial charge is 0.381 e. The van der Waals surface area contributed by atoms with Crippen LogP contribution in [0.15, 0.2) is 0 Å². The first-order valence-electron chi connectivity index (χ1n) is 4.73. The maximum Gasteiger partial charge on any atom is 0.0495 e. The molecule has 2 saturated heterocycles. The molecule has 0 aromatic rings. The van der Waals surface area contributed by atoms with Crippen LogP contribution in [0.1, 0.15) is 19.3 Å². The molecule has 1 atom stereocenters. The zero-order chi connectivity index (χ0) is 7.52. The summed E-state index contributed by atoms with van der Waals surface area (Å²) < 4.78 is 5.33. The third kappa shape index (κ3) is 1.94. The fourth-order valence-corrected chi connectivity index (χ4v) is 1.83. The summed E-state index contributed by atoms with van der Waals surface area (Å²) in [6.45, 7) is 4.55. The van der Waals surface area contributed by atoms with E-state index < -0.39 is 0 Å². The fraction of sp³-hybridized carbons (Fsp3) is 1.00. The standard InChI is InChI=1S/C9H17NO/c1(2-9-5-10-6-9)8-3-4-11-7-8/h8-10H,1-7H2. The van der Waals surface area contributed by atoms with Gasteiger partial charge in [-0.05, 0) is 44.2 Å². The first-order chi connectivity index (χ1) is 5.45. The molecular formula is C9H17NO. The quantitative estimate of drug-likeness (QED) is 0.657. The zero-order valence-corrected chi connectivity index (χ0v) is 7.01. The number of nitrogens with one attached hydrogen (secondary N) is 1. The number of ether oxygens (including phenoxy) is 1. The van der Waals surface area contributed by atoms with Crippen molar-refractivity contribution in [3.05, 3.63) is 0 Å². The van der Waals surface area contributed by atoms with Gasteiger partial charge in [-0.25, -0.2) is 0 Å². The van der Waals surface area contributed by atoms with Gasteiger partial charge in [-0.2, -0.15) is 0 Å². The fourth-order valence-electron chi connectivity index (χ4n) is 1.83. The van der Waals surface area contributed by atoms with E-state index in [1.54, 1.807) is 0 Å². The summed E-state index contributed by atoms with van der Waals surface area (Å²) in [7, 11) is 0. The predicted octanol–water partition coefficient (Wildman–Crippen LogP) is 1.02. The van der Waals surface area contributed by atoms with Gasteiger partial charge in [0, 0.05) is 13.2 Å². The van der Waals surface area contributed by atoms with E-state index >= 15 is 0 Å². The molecule has 0 spiro atoms. The second kappa shape index (κ2) is 3.55. The SMILES string of the molecule is C1CC(CCC2CNC2)CO1. The van der Waals surface area contributed by atoms with Crippen molar-refractivity contribution in [1.29, 1.82) is 0 Å². The lowest BCUT2D eigenvalue weighted by atomic mass is 9.92. The third-order valence-corrected chi connectivity index (χ3v) is 2.87. The summed E-state index contributed by atoms with van der Waals surface area (Å²) in [5.74, 6) is 1.87. The minimum Gasteiger partial charge on any atom is -0.381 e. The maximum absolute atomic E-state index is 5.33. The number of hydrogen-bond donors (Lipinski definition) is 1. The lowest BCUT2D eigenvalue weighted by Gasteiger charge is -2.27. The number of hydrogen-bond acceptors (Lipinski definition) is 2. The smallest absolute Gasteiger partial charge is 0.0495 e. The van der Waals surface area contributed by atoms with Crippen molar-refractivity contribution < 1.29 is 4.74 Å². The average molecular weight is 155 g/mol. The van der Waals surface area contributed by atoms with Crippen molar-refractivity contribution in [3.8, 4) is 0 Å². The lowest BCUT2D eigenvalue weighted by molar-refractivity contribution is 0.180. The second-order valence-electron chi connectivity index (χ2n) is 3.83. The van der Waals surface area contributed by atoms with Crippen LogP contribution in [0.3, 0.4) is 0 Å². The molecule has 1 N–H and O–H groups in total. The normalized spacial score (nSPS) is 32.2.